The Balaban J connectivity index is 2.35. The van der Waals surface area contributed by atoms with Crippen molar-refractivity contribution >= 4 is 6.03 Å². The molecule has 0 bridgehead atoms. The van der Waals surface area contributed by atoms with Gasteiger partial charge in [-0.1, -0.05) is 0 Å². The van der Waals surface area contributed by atoms with E-state index in [1.807, 2.05) is 0 Å². The van der Waals surface area contributed by atoms with Gasteiger partial charge < -0.3 is 10.2 Å². The van der Waals surface area contributed by atoms with E-state index in [2.05, 4.69) is 12.2 Å². The largest absolute Gasteiger partial charge is 0.333 e. The van der Waals surface area contributed by atoms with Crippen LogP contribution in [0, 0.1) is 0 Å². The van der Waals surface area contributed by atoms with E-state index in [9.17, 15) is 4.79 Å². The number of carbonyl (C=O) groups excluding carboxylic acids is 1. The molecule has 1 saturated carbocycles. The molecular formula is C8H16N2O. The van der Waals surface area contributed by atoms with Gasteiger partial charge in [0.25, 0.3) is 0 Å². The lowest BCUT2D eigenvalue weighted by atomic mass is 9.79. The lowest BCUT2D eigenvalue weighted by Crippen LogP contribution is -2.53. The average Bonchev–Trinajstić information content (AvgIpc) is 1.84. The predicted octanol–water partition coefficient (Wildman–Crippen LogP) is 1.20. The van der Waals surface area contributed by atoms with Gasteiger partial charge in [0.05, 0.1) is 0 Å². The molecule has 1 fully saturated rings. The van der Waals surface area contributed by atoms with Gasteiger partial charge in [0.15, 0.2) is 0 Å². The number of rotatable bonds is 1. The molecule has 1 rings (SSSR count). The van der Waals surface area contributed by atoms with Gasteiger partial charge >= 0.3 is 6.03 Å². The second-order valence-corrected chi connectivity index (χ2v) is 3.74. The van der Waals surface area contributed by atoms with E-state index in [-0.39, 0.29) is 11.6 Å². The summed E-state index contributed by atoms with van der Waals surface area (Å²) in [6.45, 7) is 2.10. The molecule has 3 nitrogen and oxygen atoms in total. The zero-order chi connectivity index (χ0) is 8.48. The summed E-state index contributed by atoms with van der Waals surface area (Å²) in [5, 5.41) is 2.98. The van der Waals surface area contributed by atoms with Gasteiger partial charge in [-0.05, 0) is 26.2 Å². The summed E-state index contributed by atoms with van der Waals surface area (Å²) in [5.74, 6) is 0. The van der Waals surface area contributed by atoms with Gasteiger partial charge in [-0.25, -0.2) is 4.79 Å². The van der Waals surface area contributed by atoms with Gasteiger partial charge in [0, 0.05) is 19.6 Å². The first-order chi connectivity index (χ1) is 5.03. The lowest BCUT2D eigenvalue weighted by Gasteiger charge is -2.39. The maximum absolute atomic E-state index is 11.2. The van der Waals surface area contributed by atoms with Crippen molar-refractivity contribution in [1.29, 1.82) is 0 Å². The van der Waals surface area contributed by atoms with Gasteiger partial charge in [-0.3, -0.25) is 0 Å². The van der Waals surface area contributed by atoms with Crippen LogP contribution < -0.4 is 5.32 Å². The Kier molecular flexibility index (Phi) is 2.07. The highest BCUT2D eigenvalue weighted by atomic mass is 16.2. The second-order valence-electron chi connectivity index (χ2n) is 3.74. The van der Waals surface area contributed by atoms with Crippen LogP contribution in [0.25, 0.3) is 0 Å². The van der Waals surface area contributed by atoms with Crippen LogP contribution in [-0.2, 0) is 0 Å². The van der Waals surface area contributed by atoms with Gasteiger partial charge in [0.1, 0.15) is 0 Å². The zero-order valence-corrected chi connectivity index (χ0v) is 7.48. The van der Waals surface area contributed by atoms with Gasteiger partial charge in [-0.15, -0.1) is 0 Å². The van der Waals surface area contributed by atoms with Crippen LogP contribution >= 0.6 is 0 Å². The first kappa shape index (κ1) is 8.37. The van der Waals surface area contributed by atoms with Crippen LogP contribution in [0.1, 0.15) is 26.2 Å². The quantitative estimate of drug-likeness (QED) is 0.608. The number of hydrogen-bond acceptors (Lipinski definition) is 1. The summed E-state index contributed by atoms with van der Waals surface area (Å²) in [5.41, 5.74) is 0.0847. The Morgan fingerprint density at radius 3 is 2.27 bits per heavy atom. The molecule has 0 aromatic rings. The molecule has 0 aromatic heterocycles. The molecule has 3 heteroatoms. The Bertz CT molecular complexity index is 161. The Morgan fingerprint density at radius 2 is 2.00 bits per heavy atom. The molecule has 1 aliphatic carbocycles. The van der Waals surface area contributed by atoms with Crippen molar-refractivity contribution in [3.63, 3.8) is 0 Å². The molecule has 64 valence electrons. The van der Waals surface area contributed by atoms with Crippen molar-refractivity contribution in [2.45, 2.75) is 31.7 Å². The van der Waals surface area contributed by atoms with E-state index >= 15 is 0 Å². The highest BCUT2D eigenvalue weighted by Gasteiger charge is 2.33. The molecule has 2 amide bonds. The number of nitrogens with one attached hydrogen (secondary N) is 1. The minimum absolute atomic E-state index is 0.0206. The fourth-order valence-corrected chi connectivity index (χ4v) is 1.20. The summed E-state index contributed by atoms with van der Waals surface area (Å²) >= 11 is 0. The molecule has 0 aliphatic heterocycles. The molecule has 0 spiro atoms. The minimum Gasteiger partial charge on any atom is -0.333 e. The van der Waals surface area contributed by atoms with Crippen LogP contribution in [0.5, 0.6) is 0 Å². The zero-order valence-electron chi connectivity index (χ0n) is 7.48. The smallest absolute Gasteiger partial charge is 0.317 e. The predicted molar refractivity (Wildman–Crippen MR) is 44.5 cm³/mol. The van der Waals surface area contributed by atoms with Crippen molar-refractivity contribution in [2.24, 2.45) is 0 Å². The SMILES string of the molecule is CN(C)C(=O)NC1(C)CCC1. The topological polar surface area (TPSA) is 32.3 Å². The second kappa shape index (κ2) is 2.72. The monoisotopic (exact) mass is 156 g/mol. The Labute approximate surface area is 67.8 Å². The van der Waals surface area contributed by atoms with Crippen molar-refractivity contribution in [3.05, 3.63) is 0 Å². The number of carbonyl (C=O) groups is 1. The molecule has 0 atom stereocenters. The van der Waals surface area contributed by atoms with Gasteiger partial charge in [0.2, 0.25) is 0 Å². The summed E-state index contributed by atoms with van der Waals surface area (Å²) in [7, 11) is 3.52. The average molecular weight is 156 g/mol. The number of hydrogen-bond donors (Lipinski definition) is 1. The molecule has 0 radical (unpaired) electrons. The third kappa shape index (κ3) is 1.85. The Morgan fingerprint density at radius 1 is 1.45 bits per heavy atom. The normalized spacial score (nSPS) is 20.3. The van der Waals surface area contributed by atoms with E-state index in [0.29, 0.717) is 0 Å². The third-order valence-electron chi connectivity index (χ3n) is 2.27. The van der Waals surface area contributed by atoms with Crippen LogP contribution in [0.4, 0.5) is 4.79 Å². The van der Waals surface area contributed by atoms with Crippen LogP contribution in [-0.4, -0.2) is 30.6 Å². The highest BCUT2D eigenvalue weighted by molar-refractivity contribution is 5.74. The summed E-state index contributed by atoms with van der Waals surface area (Å²) in [6.07, 6.45) is 3.48. The van der Waals surface area contributed by atoms with Crippen molar-refractivity contribution in [2.75, 3.05) is 14.1 Å². The molecule has 1 N–H and O–H groups in total. The fourth-order valence-electron chi connectivity index (χ4n) is 1.20. The summed E-state index contributed by atoms with van der Waals surface area (Å²) in [6, 6.07) is 0.0206. The summed E-state index contributed by atoms with van der Waals surface area (Å²) < 4.78 is 0. The first-order valence-corrected chi connectivity index (χ1v) is 4.03. The maximum atomic E-state index is 11.2. The molecule has 0 unspecified atom stereocenters. The molecule has 0 aromatic carbocycles. The lowest BCUT2D eigenvalue weighted by molar-refractivity contribution is 0.173. The van der Waals surface area contributed by atoms with E-state index < -0.39 is 0 Å². The van der Waals surface area contributed by atoms with Crippen molar-refractivity contribution in [1.82, 2.24) is 10.2 Å². The van der Waals surface area contributed by atoms with E-state index in [1.165, 1.54) is 6.42 Å². The molecule has 11 heavy (non-hydrogen) atoms. The number of nitrogens with zero attached hydrogens (tertiary/aromatic N) is 1. The van der Waals surface area contributed by atoms with Crippen molar-refractivity contribution < 1.29 is 4.79 Å². The molecule has 0 heterocycles. The fraction of sp³-hybridized carbons (Fsp3) is 0.875. The molecular weight excluding hydrogens is 140 g/mol. The van der Waals surface area contributed by atoms with E-state index in [1.54, 1.807) is 19.0 Å². The van der Waals surface area contributed by atoms with E-state index in [0.717, 1.165) is 12.8 Å². The Hall–Kier alpha value is -0.730. The minimum atomic E-state index is 0.0206. The number of amides is 2. The number of urea groups is 1. The first-order valence-electron chi connectivity index (χ1n) is 4.03. The maximum Gasteiger partial charge on any atom is 0.317 e. The van der Waals surface area contributed by atoms with Crippen LogP contribution in [0.15, 0.2) is 0 Å². The third-order valence-corrected chi connectivity index (χ3v) is 2.27. The summed E-state index contributed by atoms with van der Waals surface area (Å²) in [4.78, 5) is 12.7. The standard InChI is InChI=1S/C8H16N2O/c1-8(5-4-6-8)9-7(11)10(2)3/h4-6H2,1-3H3,(H,9,11). The molecule has 0 saturated heterocycles. The van der Waals surface area contributed by atoms with Gasteiger partial charge in [-0.2, -0.15) is 0 Å². The van der Waals surface area contributed by atoms with Crippen molar-refractivity contribution in [3.8, 4) is 0 Å². The van der Waals surface area contributed by atoms with E-state index in [4.69, 9.17) is 0 Å². The van der Waals surface area contributed by atoms with Crippen LogP contribution in [0.3, 0.4) is 0 Å². The highest BCUT2D eigenvalue weighted by Crippen LogP contribution is 2.30. The van der Waals surface area contributed by atoms with Crippen LogP contribution in [0.2, 0.25) is 0 Å². The molecule has 1 aliphatic rings.